The van der Waals surface area contributed by atoms with E-state index in [2.05, 4.69) is 34.6 Å². The summed E-state index contributed by atoms with van der Waals surface area (Å²) >= 11 is 0. The molecule has 0 bridgehead atoms. The predicted octanol–water partition coefficient (Wildman–Crippen LogP) is 4.77. The van der Waals surface area contributed by atoms with Gasteiger partial charge in [0.25, 0.3) is 0 Å². The lowest BCUT2D eigenvalue weighted by Gasteiger charge is -2.61. The topological polar surface area (TPSA) is 70.1 Å². The van der Waals surface area contributed by atoms with Gasteiger partial charge in [0.1, 0.15) is 11.7 Å². The molecule has 2 N–H and O–H groups in total. The number of epoxide rings is 1. The molecule has 4 fully saturated rings. The van der Waals surface area contributed by atoms with Crippen molar-refractivity contribution in [3.8, 4) is 0 Å². The van der Waals surface area contributed by atoms with Gasteiger partial charge in [0.2, 0.25) is 0 Å². The molecule has 0 amide bonds. The first-order valence-corrected chi connectivity index (χ1v) is 13.2. The van der Waals surface area contributed by atoms with Crippen molar-refractivity contribution >= 4 is 5.78 Å². The van der Waals surface area contributed by atoms with Crippen molar-refractivity contribution in [2.24, 2.45) is 52.3 Å². The fourth-order valence-corrected chi connectivity index (χ4v) is 9.32. The van der Waals surface area contributed by atoms with Crippen LogP contribution in [0.3, 0.4) is 0 Å². The van der Waals surface area contributed by atoms with Gasteiger partial charge < -0.3 is 14.9 Å². The maximum Gasteiger partial charge on any atom is 0.164 e. The summed E-state index contributed by atoms with van der Waals surface area (Å²) in [4.78, 5) is 13.3. The number of allylic oxidation sites excluding steroid dienone is 1. The molecule has 1 heterocycles. The van der Waals surface area contributed by atoms with Gasteiger partial charge in [-0.2, -0.15) is 0 Å². The first kappa shape index (κ1) is 23.1. The quantitative estimate of drug-likeness (QED) is 0.599. The summed E-state index contributed by atoms with van der Waals surface area (Å²) in [5.41, 5.74) is -1.56. The highest BCUT2D eigenvalue weighted by molar-refractivity contribution is 5.98. The fraction of sp³-hybridized carbons (Fsp3) is 0.893. The summed E-state index contributed by atoms with van der Waals surface area (Å²) in [6.07, 6.45) is 8.45. The van der Waals surface area contributed by atoms with Crippen LogP contribution >= 0.6 is 0 Å². The van der Waals surface area contributed by atoms with Crippen LogP contribution in [0.15, 0.2) is 12.2 Å². The Hall–Kier alpha value is -0.710. The molecular weight excluding hydrogens is 400 g/mol. The third-order valence-electron chi connectivity index (χ3n) is 11.5. The van der Waals surface area contributed by atoms with E-state index in [1.54, 1.807) is 6.08 Å². The van der Waals surface area contributed by atoms with Crippen molar-refractivity contribution in [1.82, 2.24) is 0 Å². The Kier molecular flexibility index (Phi) is 5.33. The summed E-state index contributed by atoms with van der Waals surface area (Å²) in [5.74, 6) is 3.27. The standard InChI is InChI=1S/C28H44O4/c1-15(2)16(3)7-8-17(4)19-9-10-20-18-13-23(31)28-24(32-28)12-11-22(30)27(28,6)25(18)21(29)14-26(19,20)5/h11-12,15-21,23-25,29,31H,7-10,13-14H2,1-6H3/t16-,17+,18?,19+,20?,21+,23+,24-,25?,26+,27+,28-/m0/s1. The summed E-state index contributed by atoms with van der Waals surface area (Å²) in [7, 11) is 0. The SMILES string of the molecule is CC(C)[C@@H](C)CC[C@@H](C)[C@H]1CCC2C3C[C@@H](O)[C@]45O[C@H]4C=CC(=O)[C@]5(C)C3[C@H](O)C[C@@]21C. The molecule has 12 atom stereocenters. The van der Waals surface area contributed by atoms with Gasteiger partial charge in [-0.3, -0.25) is 4.79 Å². The Balaban J connectivity index is 1.42. The van der Waals surface area contributed by atoms with E-state index in [-0.39, 0.29) is 29.1 Å². The zero-order valence-electron chi connectivity index (χ0n) is 20.9. The Morgan fingerprint density at radius 3 is 2.53 bits per heavy atom. The number of carbonyl (C=O) groups excluding carboxylic acids is 1. The summed E-state index contributed by atoms with van der Waals surface area (Å²) in [6.45, 7) is 13.8. The minimum absolute atomic E-state index is 0.0354. The number of ether oxygens (including phenoxy) is 1. The van der Waals surface area contributed by atoms with Crippen molar-refractivity contribution in [3.63, 3.8) is 0 Å². The summed E-state index contributed by atoms with van der Waals surface area (Å²) in [5, 5.41) is 22.9. The summed E-state index contributed by atoms with van der Waals surface area (Å²) in [6, 6.07) is 0. The number of aliphatic hydroxyl groups is 2. The van der Waals surface area contributed by atoms with E-state index < -0.39 is 23.2 Å². The molecule has 3 saturated carbocycles. The van der Waals surface area contributed by atoms with Gasteiger partial charge in [0.15, 0.2) is 5.78 Å². The number of carbonyl (C=O) groups is 1. The Labute approximate surface area is 194 Å². The van der Waals surface area contributed by atoms with E-state index in [1.807, 2.05) is 13.0 Å². The highest BCUT2D eigenvalue weighted by Gasteiger charge is 2.80. The maximum absolute atomic E-state index is 13.3. The first-order chi connectivity index (χ1) is 15.0. The van der Waals surface area contributed by atoms with Crippen molar-refractivity contribution in [1.29, 1.82) is 0 Å². The number of fused-ring (bicyclic) bond motifs is 4. The lowest BCUT2D eigenvalue weighted by atomic mass is 9.43. The zero-order chi connectivity index (χ0) is 23.2. The number of hydrogen-bond acceptors (Lipinski definition) is 4. The molecule has 1 aliphatic heterocycles. The molecule has 32 heavy (non-hydrogen) atoms. The molecule has 0 aromatic rings. The van der Waals surface area contributed by atoms with Crippen LogP contribution < -0.4 is 0 Å². The third kappa shape index (κ3) is 2.81. The highest BCUT2D eigenvalue weighted by atomic mass is 16.6. The van der Waals surface area contributed by atoms with Crippen LogP contribution in [0.4, 0.5) is 0 Å². The van der Waals surface area contributed by atoms with Gasteiger partial charge in [0.05, 0.1) is 17.6 Å². The minimum atomic E-state index is -0.827. The van der Waals surface area contributed by atoms with Gasteiger partial charge in [-0.05, 0) is 85.7 Å². The van der Waals surface area contributed by atoms with Crippen LogP contribution in [-0.4, -0.2) is 39.9 Å². The largest absolute Gasteiger partial charge is 0.393 e. The van der Waals surface area contributed by atoms with Crippen molar-refractivity contribution in [2.75, 3.05) is 0 Å². The maximum atomic E-state index is 13.3. The molecular formula is C28H44O4. The highest BCUT2D eigenvalue weighted by Crippen LogP contribution is 2.72. The molecule has 4 nitrogen and oxygen atoms in total. The number of hydrogen-bond donors (Lipinski definition) is 2. The van der Waals surface area contributed by atoms with Crippen molar-refractivity contribution < 1.29 is 19.7 Å². The van der Waals surface area contributed by atoms with Gasteiger partial charge in [0, 0.05) is 5.92 Å². The van der Waals surface area contributed by atoms with E-state index in [0.29, 0.717) is 24.2 Å². The van der Waals surface area contributed by atoms with Crippen LogP contribution in [0.2, 0.25) is 0 Å². The van der Waals surface area contributed by atoms with Crippen LogP contribution in [0.5, 0.6) is 0 Å². The Morgan fingerprint density at radius 2 is 1.84 bits per heavy atom. The van der Waals surface area contributed by atoms with Crippen LogP contribution in [0.25, 0.3) is 0 Å². The molecule has 180 valence electrons. The van der Waals surface area contributed by atoms with Gasteiger partial charge in [-0.1, -0.05) is 47.5 Å². The molecule has 1 spiro atoms. The molecule has 5 rings (SSSR count). The molecule has 0 aromatic carbocycles. The first-order valence-electron chi connectivity index (χ1n) is 13.2. The second-order valence-electron chi connectivity index (χ2n) is 13.0. The fourth-order valence-electron chi connectivity index (χ4n) is 9.32. The monoisotopic (exact) mass is 444 g/mol. The molecule has 4 heteroatoms. The van der Waals surface area contributed by atoms with E-state index in [0.717, 1.165) is 24.7 Å². The molecule has 3 unspecified atom stereocenters. The van der Waals surface area contributed by atoms with Crippen LogP contribution in [0, 0.1) is 52.3 Å². The van der Waals surface area contributed by atoms with Gasteiger partial charge in [-0.25, -0.2) is 0 Å². The predicted molar refractivity (Wildman–Crippen MR) is 125 cm³/mol. The van der Waals surface area contributed by atoms with E-state index in [4.69, 9.17) is 4.74 Å². The number of aliphatic hydroxyl groups excluding tert-OH is 2. The van der Waals surface area contributed by atoms with Gasteiger partial charge >= 0.3 is 0 Å². The van der Waals surface area contributed by atoms with E-state index in [9.17, 15) is 15.0 Å². The second-order valence-corrected chi connectivity index (χ2v) is 13.0. The molecule has 0 radical (unpaired) electrons. The molecule has 5 aliphatic rings. The number of rotatable bonds is 5. The minimum Gasteiger partial charge on any atom is -0.393 e. The normalized spacial score (nSPS) is 53.3. The Morgan fingerprint density at radius 1 is 1.12 bits per heavy atom. The smallest absolute Gasteiger partial charge is 0.164 e. The molecule has 1 saturated heterocycles. The molecule has 4 aliphatic carbocycles. The van der Waals surface area contributed by atoms with E-state index >= 15 is 0 Å². The average molecular weight is 445 g/mol. The van der Waals surface area contributed by atoms with Crippen LogP contribution in [-0.2, 0) is 9.53 Å². The summed E-state index contributed by atoms with van der Waals surface area (Å²) < 4.78 is 6.05. The van der Waals surface area contributed by atoms with Crippen molar-refractivity contribution in [3.05, 3.63) is 12.2 Å². The Bertz CT molecular complexity index is 805. The zero-order valence-corrected chi connectivity index (χ0v) is 20.9. The lowest BCUT2D eigenvalue weighted by molar-refractivity contribution is -0.197. The number of ketones is 1. The second kappa shape index (κ2) is 7.39. The average Bonchev–Trinajstić information content (AvgIpc) is 3.37. The van der Waals surface area contributed by atoms with Crippen LogP contribution in [0.1, 0.15) is 80.1 Å². The lowest BCUT2D eigenvalue weighted by Crippen LogP contribution is -2.68. The van der Waals surface area contributed by atoms with Gasteiger partial charge in [-0.15, -0.1) is 0 Å². The third-order valence-corrected chi connectivity index (χ3v) is 11.5. The van der Waals surface area contributed by atoms with Crippen molar-refractivity contribution in [2.45, 2.75) is 104 Å². The molecule has 0 aromatic heterocycles. The van der Waals surface area contributed by atoms with E-state index in [1.165, 1.54) is 19.3 Å².